The van der Waals surface area contributed by atoms with Gasteiger partial charge in [0.2, 0.25) is 5.91 Å². The molecule has 8 heteroatoms. The average Bonchev–Trinajstić information content (AvgIpc) is 3.20. The summed E-state index contributed by atoms with van der Waals surface area (Å²) < 4.78 is 23.4. The molecule has 1 aromatic carbocycles. The topological polar surface area (TPSA) is 81.2 Å². The quantitative estimate of drug-likeness (QED) is 0.719. The van der Waals surface area contributed by atoms with Crippen molar-refractivity contribution in [2.24, 2.45) is 0 Å². The molecule has 0 aliphatic rings. The summed E-state index contributed by atoms with van der Waals surface area (Å²) >= 11 is 1.12. The number of hydrogen-bond acceptors (Lipinski definition) is 6. The lowest BCUT2D eigenvalue weighted by Gasteiger charge is -2.09. The van der Waals surface area contributed by atoms with E-state index in [1.54, 1.807) is 19.1 Å². The Morgan fingerprint density at radius 2 is 2.04 bits per heavy atom. The van der Waals surface area contributed by atoms with Crippen LogP contribution in [-0.4, -0.2) is 21.4 Å². The Bertz CT molecular complexity index is 787. The Morgan fingerprint density at radius 1 is 1.26 bits per heavy atom. The van der Waals surface area contributed by atoms with Gasteiger partial charge in [-0.1, -0.05) is 11.8 Å². The maximum Gasteiger partial charge on any atom is 0.284 e. The number of rotatable bonds is 5. The molecular formula is C15H12FN3O3S. The molecule has 0 aliphatic heterocycles. The van der Waals surface area contributed by atoms with E-state index in [9.17, 15) is 9.18 Å². The summed E-state index contributed by atoms with van der Waals surface area (Å²) in [4.78, 5) is 12.1. The van der Waals surface area contributed by atoms with Crippen LogP contribution in [0, 0.1) is 5.82 Å². The maximum atomic E-state index is 12.8. The minimum atomic E-state index is -0.468. The molecule has 0 unspecified atom stereocenters. The van der Waals surface area contributed by atoms with Crippen LogP contribution < -0.4 is 5.32 Å². The second kappa shape index (κ2) is 6.66. The fraction of sp³-hybridized carbons (Fsp3) is 0.133. The van der Waals surface area contributed by atoms with Crippen LogP contribution >= 0.6 is 11.8 Å². The molecule has 0 fully saturated rings. The number of amides is 1. The van der Waals surface area contributed by atoms with Crippen molar-refractivity contribution in [2.45, 2.75) is 17.4 Å². The summed E-state index contributed by atoms with van der Waals surface area (Å²) in [5.41, 5.74) is 0.519. The SMILES string of the molecule is C[C@@H](Sc1nnc(-c2ccco2)o1)C(=O)Nc1ccc(F)cc1. The number of furan rings is 1. The van der Waals surface area contributed by atoms with E-state index < -0.39 is 5.25 Å². The molecule has 23 heavy (non-hydrogen) atoms. The van der Waals surface area contributed by atoms with Gasteiger partial charge in [-0.25, -0.2) is 4.39 Å². The first-order valence-electron chi connectivity index (χ1n) is 6.72. The predicted octanol–water partition coefficient (Wildman–Crippen LogP) is 3.59. The minimum Gasteiger partial charge on any atom is -0.459 e. The number of benzene rings is 1. The summed E-state index contributed by atoms with van der Waals surface area (Å²) in [6.07, 6.45) is 1.51. The van der Waals surface area contributed by atoms with Crippen molar-refractivity contribution in [1.82, 2.24) is 10.2 Å². The van der Waals surface area contributed by atoms with Crippen molar-refractivity contribution in [3.05, 3.63) is 48.5 Å². The molecule has 3 rings (SSSR count). The number of carbonyl (C=O) groups excluding carboxylic acids is 1. The number of aromatic nitrogens is 2. The van der Waals surface area contributed by atoms with Crippen LogP contribution in [0.15, 0.2) is 56.7 Å². The number of hydrogen-bond donors (Lipinski definition) is 1. The maximum absolute atomic E-state index is 12.8. The third kappa shape index (κ3) is 3.78. The standard InChI is InChI=1S/C15H12FN3O3S/c1-9(13(20)17-11-6-4-10(16)5-7-11)23-15-19-18-14(22-15)12-3-2-8-21-12/h2-9H,1H3,(H,17,20)/t9-/m1/s1. The van der Waals surface area contributed by atoms with Crippen LogP contribution in [0.3, 0.4) is 0 Å². The van der Waals surface area contributed by atoms with Gasteiger partial charge in [0.25, 0.3) is 11.1 Å². The highest BCUT2D eigenvalue weighted by Crippen LogP contribution is 2.26. The van der Waals surface area contributed by atoms with Crippen molar-refractivity contribution < 1.29 is 18.0 Å². The number of halogens is 1. The lowest BCUT2D eigenvalue weighted by molar-refractivity contribution is -0.115. The lowest BCUT2D eigenvalue weighted by Crippen LogP contribution is -2.22. The second-order valence-electron chi connectivity index (χ2n) is 4.61. The molecule has 0 spiro atoms. The van der Waals surface area contributed by atoms with Gasteiger partial charge in [-0.05, 0) is 43.3 Å². The van der Waals surface area contributed by atoms with Crippen molar-refractivity contribution in [3.8, 4) is 11.7 Å². The zero-order chi connectivity index (χ0) is 16.2. The molecule has 3 aromatic rings. The van der Waals surface area contributed by atoms with Gasteiger partial charge < -0.3 is 14.2 Å². The summed E-state index contributed by atoms with van der Waals surface area (Å²) in [7, 11) is 0. The number of nitrogens with zero attached hydrogens (tertiary/aromatic N) is 2. The minimum absolute atomic E-state index is 0.251. The van der Waals surface area contributed by atoms with Crippen molar-refractivity contribution in [3.63, 3.8) is 0 Å². The summed E-state index contributed by atoms with van der Waals surface area (Å²) in [5, 5.41) is 10.2. The van der Waals surface area contributed by atoms with Crippen molar-refractivity contribution in [2.75, 3.05) is 5.32 Å². The smallest absolute Gasteiger partial charge is 0.284 e. The van der Waals surface area contributed by atoms with Gasteiger partial charge in [0.1, 0.15) is 5.82 Å². The molecule has 1 atom stereocenters. The summed E-state index contributed by atoms with van der Waals surface area (Å²) in [5.74, 6) is 0.109. The van der Waals surface area contributed by atoms with E-state index >= 15 is 0 Å². The molecule has 2 aromatic heterocycles. The van der Waals surface area contributed by atoms with Crippen molar-refractivity contribution in [1.29, 1.82) is 0 Å². The summed E-state index contributed by atoms with van der Waals surface area (Å²) in [6, 6.07) is 8.96. The zero-order valence-electron chi connectivity index (χ0n) is 12.0. The fourth-order valence-corrected chi connectivity index (χ4v) is 2.42. The molecule has 0 aliphatic carbocycles. The third-order valence-electron chi connectivity index (χ3n) is 2.90. The number of nitrogens with one attached hydrogen (secondary N) is 1. The first-order valence-corrected chi connectivity index (χ1v) is 7.60. The monoisotopic (exact) mass is 333 g/mol. The molecular weight excluding hydrogens is 321 g/mol. The number of thioether (sulfide) groups is 1. The van der Waals surface area contributed by atoms with Crippen LogP contribution in [0.1, 0.15) is 6.92 Å². The molecule has 0 radical (unpaired) electrons. The Morgan fingerprint density at radius 3 is 2.74 bits per heavy atom. The highest BCUT2D eigenvalue weighted by Gasteiger charge is 2.19. The Balaban J connectivity index is 1.61. The molecule has 2 heterocycles. The van der Waals surface area contributed by atoms with Crippen LogP contribution in [0.25, 0.3) is 11.7 Å². The second-order valence-corrected chi connectivity index (χ2v) is 5.90. The van der Waals surface area contributed by atoms with Crippen LogP contribution in [-0.2, 0) is 4.79 Å². The normalized spacial score (nSPS) is 12.1. The molecule has 6 nitrogen and oxygen atoms in total. The van der Waals surface area contributed by atoms with Gasteiger partial charge in [-0.2, -0.15) is 0 Å². The summed E-state index contributed by atoms with van der Waals surface area (Å²) in [6.45, 7) is 1.71. The van der Waals surface area contributed by atoms with Gasteiger partial charge >= 0.3 is 0 Å². The van der Waals surface area contributed by atoms with Gasteiger partial charge in [0.15, 0.2) is 5.76 Å². The van der Waals surface area contributed by atoms with Gasteiger partial charge in [0.05, 0.1) is 11.5 Å². The highest BCUT2D eigenvalue weighted by atomic mass is 32.2. The molecule has 0 saturated heterocycles. The fourth-order valence-electron chi connectivity index (χ4n) is 1.74. The molecule has 1 N–H and O–H groups in total. The number of anilines is 1. The van der Waals surface area contributed by atoms with E-state index in [0.717, 1.165) is 11.8 Å². The molecule has 0 saturated carbocycles. The largest absolute Gasteiger partial charge is 0.459 e. The average molecular weight is 333 g/mol. The number of carbonyl (C=O) groups is 1. The first-order chi connectivity index (χ1) is 11.1. The van der Waals surface area contributed by atoms with E-state index in [0.29, 0.717) is 11.4 Å². The van der Waals surface area contributed by atoms with E-state index in [1.165, 1.54) is 30.5 Å². The van der Waals surface area contributed by atoms with Gasteiger partial charge in [-0.15, -0.1) is 10.2 Å². The highest BCUT2D eigenvalue weighted by molar-refractivity contribution is 8.00. The van der Waals surface area contributed by atoms with E-state index in [2.05, 4.69) is 15.5 Å². The Kier molecular flexibility index (Phi) is 4.42. The lowest BCUT2D eigenvalue weighted by atomic mass is 10.3. The van der Waals surface area contributed by atoms with Gasteiger partial charge in [-0.3, -0.25) is 4.79 Å². The predicted molar refractivity (Wildman–Crippen MR) is 82.3 cm³/mol. The van der Waals surface area contributed by atoms with E-state index in [-0.39, 0.29) is 22.8 Å². The Hall–Kier alpha value is -2.61. The van der Waals surface area contributed by atoms with Gasteiger partial charge in [0, 0.05) is 5.69 Å². The van der Waals surface area contributed by atoms with Crippen LogP contribution in [0.2, 0.25) is 0 Å². The third-order valence-corrected chi connectivity index (χ3v) is 3.83. The molecule has 1 amide bonds. The van der Waals surface area contributed by atoms with E-state index in [1.807, 2.05) is 0 Å². The van der Waals surface area contributed by atoms with Crippen LogP contribution in [0.4, 0.5) is 10.1 Å². The van der Waals surface area contributed by atoms with E-state index in [4.69, 9.17) is 8.83 Å². The Labute approximate surface area is 135 Å². The van der Waals surface area contributed by atoms with Crippen molar-refractivity contribution >= 4 is 23.4 Å². The first kappa shape index (κ1) is 15.3. The molecule has 0 bridgehead atoms. The van der Waals surface area contributed by atoms with Crippen LogP contribution in [0.5, 0.6) is 0 Å². The molecule has 118 valence electrons. The zero-order valence-corrected chi connectivity index (χ0v) is 12.8.